The number of carboxylic acids is 1. The van der Waals surface area contributed by atoms with E-state index in [0.717, 1.165) is 0 Å². The van der Waals surface area contributed by atoms with Gasteiger partial charge in [-0.05, 0) is 29.2 Å². The highest BCUT2D eigenvalue weighted by atomic mass is 16.4. The molecule has 2 rings (SSSR count). The Balaban J connectivity index is 2.14. The minimum Gasteiger partial charge on any atom is -0.481 e. The van der Waals surface area contributed by atoms with Crippen molar-refractivity contribution < 1.29 is 9.90 Å². The molecule has 0 bridgehead atoms. The third kappa shape index (κ3) is 3.08. The quantitative estimate of drug-likeness (QED) is 0.848. The van der Waals surface area contributed by atoms with E-state index < -0.39 is 5.97 Å². The van der Waals surface area contributed by atoms with Crippen molar-refractivity contribution in [3.8, 4) is 0 Å². The Kier molecular flexibility index (Phi) is 3.95. The van der Waals surface area contributed by atoms with Gasteiger partial charge >= 0.3 is 5.97 Å². The predicted octanol–water partition coefficient (Wildman–Crippen LogP) is 2.57. The molecule has 0 radical (unpaired) electrons. The summed E-state index contributed by atoms with van der Waals surface area (Å²) in [4.78, 5) is 10.5. The predicted molar refractivity (Wildman–Crippen MR) is 72.5 cm³/mol. The first-order valence-electron chi connectivity index (χ1n) is 6.11. The SMILES string of the molecule is NC(CCC(=O)O)Cc1cccc2ccccc12. The third-order valence-electron chi connectivity index (χ3n) is 3.09. The molecule has 0 saturated carbocycles. The highest BCUT2D eigenvalue weighted by molar-refractivity contribution is 5.85. The first kappa shape index (κ1) is 12.6. The number of benzene rings is 2. The highest BCUT2D eigenvalue weighted by Crippen LogP contribution is 2.20. The van der Waals surface area contributed by atoms with Crippen molar-refractivity contribution in [2.75, 3.05) is 0 Å². The topological polar surface area (TPSA) is 63.3 Å². The summed E-state index contributed by atoms with van der Waals surface area (Å²) in [6, 6.07) is 14.2. The lowest BCUT2D eigenvalue weighted by Crippen LogP contribution is -2.23. The molecule has 0 saturated heterocycles. The van der Waals surface area contributed by atoms with E-state index in [1.807, 2.05) is 18.2 Å². The molecule has 0 aliphatic heterocycles. The van der Waals surface area contributed by atoms with E-state index in [9.17, 15) is 4.79 Å². The maximum absolute atomic E-state index is 10.5. The van der Waals surface area contributed by atoms with Gasteiger partial charge in [0.25, 0.3) is 0 Å². The van der Waals surface area contributed by atoms with E-state index in [2.05, 4.69) is 24.3 Å². The van der Waals surface area contributed by atoms with Crippen molar-refractivity contribution in [1.29, 1.82) is 0 Å². The molecule has 94 valence electrons. The second kappa shape index (κ2) is 5.65. The van der Waals surface area contributed by atoms with Crippen LogP contribution in [0.2, 0.25) is 0 Å². The second-order valence-electron chi connectivity index (χ2n) is 4.53. The summed E-state index contributed by atoms with van der Waals surface area (Å²) in [5.74, 6) is -0.789. The van der Waals surface area contributed by atoms with Crippen LogP contribution in [-0.4, -0.2) is 17.1 Å². The summed E-state index contributed by atoms with van der Waals surface area (Å²) in [6.45, 7) is 0. The van der Waals surface area contributed by atoms with Crippen LogP contribution in [0.3, 0.4) is 0 Å². The number of hydrogen-bond donors (Lipinski definition) is 2. The van der Waals surface area contributed by atoms with Gasteiger partial charge in [0.15, 0.2) is 0 Å². The zero-order chi connectivity index (χ0) is 13.0. The monoisotopic (exact) mass is 243 g/mol. The number of hydrogen-bond acceptors (Lipinski definition) is 2. The molecular weight excluding hydrogens is 226 g/mol. The van der Waals surface area contributed by atoms with Crippen LogP contribution in [-0.2, 0) is 11.2 Å². The van der Waals surface area contributed by atoms with Crippen LogP contribution >= 0.6 is 0 Å². The fraction of sp³-hybridized carbons (Fsp3) is 0.267. The summed E-state index contributed by atoms with van der Waals surface area (Å²) < 4.78 is 0. The Morgan fingerprint density at radius 2 is 1.89 bits per heavy atom. The molecule has 3 nitrogen and oxygen atoms in total. The van der Waals surface area contributed by atoms with Gasteiger partial charge in [-0.3, -0.25) is 4.79 Å². The Labute approximate surface area is 106 Å². The number of carboxylic acid groups (broad SMARTS) is 1. The molecule has 0 heterocycles. The number of aliphatic carboxylic acids is 1. The fourth-order valence-corrected chi connectivity index (χ4v) is 2.16. The van der Waals surface area contributed by atoms with E-state index in [0.29, 0.717) is 12.8 Å². The summed E-state index contributed by atoms with van der Waals surface area (Å²) in [7, 11) is 0. The van der Waals surface area contributed by atoms with Crippen molar-refractivity contribution in [2.24, 2.45) is 5.73 Å². The number of nitrogens with two attached hydrogens (primary N) is 1. The maximum Gasteiger partial charge on any atom is 0.303 e. The number of fused-ring (bicyclic) bond motifs is 1. The van der Waals surface area contributed by atoms with Crippen molar-refractivity contribution in [3.05, 3.63) is 48.0 Å². The Morgan fingerprint density at radius 1 is 1.17 bits per heavy atom. The summed E-state index contributed by atoms with van der Waals surface area (Å²) in [5, 5.41) is 11.0. The van der Waals surface area contributed by atoms with Gasteiger partial charge in [0, 0.05) is 12.5 Å². The molecule has 0 amide bonds. The lowest BCUT2D eigenvalue weighted by molar-refractivity contribution is -0.137. The van der Waals surface area contributed by atoms with Crippen LogP contribution in [0.15, 0.2) is 42.5 Å². The highest BCUT2D eigenvalue weighted by Gasteiger charge is 2.08. The van der Waals surface area contributed by atoms with Gasteiger partial charge in [0.1, 0.15) is 0 Å². The van der Waals surface area contributed by atoms with Crippen LogP contribution in [0.4, 0.5) is 0 Å². The van der Waals surface area contributed by atoms with E-state index in [1.54, 1.807) is 0 Å². The maximum atomic E-state index is 10.5. The zero-order valence-corrected chi connectivity index (χ0v) is 10.2. The van der Waals surface area contributed by atoms with Crippen molar-refractivity contribution in [2.45, 2.75) is 25.3 Å². The number of rotatable bonds is 5. The van der Waals surface area contributed by atoms with Gasteiger partial charge < -0.3 is 10.8 Å². The van der Waals surface area contributed by atoms with E-state index in [-0.39, 0.29) is 12.5 Å². The molecule has 0 aliphatic rings. The van der Waals surface area contributed by atoms with Gasteiger partial charge in [-0.2, -0.15) is 0 Å². The molecule has 1 unspecified atom stereocenters. The Bertz CT molecular complexity index is 546. The van der Waals surface area contributed by atoms with Crippen LogP contribution in [0, 0.1) is 0 Å². The normalized spacial score (nSPS) is 12.5. The molecule has 0 aromatic heterocycles. The smallest absolute Gasteiger partial charge is 0.303 e. The molecule has 3 heteroatoms. The molecule has 2 aromatic rings. The first-order valence-corrected chi connectivity index (χ1v) is 6.11. The van der Waals surface area contributed by atoms with Crippen molar-refractivity contribution in [1.82, 2.24) is 0 Å². The average Bonchev–Trinajstić information content (AvgIpc) is 2.37. The molecule has 18 heavy (non-hydrogen) atoms. The average molecular weight is 243 g/mol. The van der Waals surface area contributed by atoms with E-state index in [1.165, 1.54) is 16.3 Å². The van der Waals surface area contributed by atoms with Gasteiger partial charge in [-0.25, -0.2) is 0 Å². The molecule has 1 atom stereocenters. The molecule has 0 aliphatic carbocycles. The largest absolute Gasteiger partial charge is 0.481 e. The van der Waals surface area contributed by atoms with Crippen LogP contribution < -0.4 is 5.73 Å². The summed E-state index contributed by atoms with van der Waals surface area (Å²) in [6.07, 6.45) is 1.36. The zero-order valence-electron chi connectivity index (χ0n) is 10.2. The number of carbonyl (C=O) groups is 1. The minimum absolute atomic E-state index is 0.105. The standard InChI is InChI=1S/C15H17NO2/c16-13(8-9-15(17)18)10-12-6-3-5-11-4-1-2-7-14(11)12/h1-7,13H,8-10,16H2,(H,17,18). The fourth-order valence-electron chi connectivity index (χ4n) is 2.16. The van der Waals surface area contributed by atoms with Gasteiger partial charge in [-0.1, -0.05) is 42.5 Å². The lowest BCUT2D eigenvalue weighted by atomic mass is 9.97. The molecular formula is C15H17NO2. The van der Waals surface area contributed by atoms with E-state index in [4.69, 9.17) is 10.8 Å². The van der Waals surface area contributed by atoms with Gasteiger partial charge in [0.2, 0.25) is 0 Å². The Morgan fingerprint density at radius 3 is 2.67 bits per heavy atom. The van der Waals surface area contributed by atoms with Crippen molar-refractivity contribution >= 4 is 16.7 Å². The summed E-state index contributed by atoms with van der Waals surface area (Å²) >= 11 is 0. The van der Waals surface area contributed by atoms with Crippen LogP contribution in [0.25, 0.3) is 10.8 Å². The molecule has 0 spiro atoms. The third-order valence-corrected chi connectivity index (χ3v) is 3.09. The van der Waals surface area contributed by atoms with Gasteiger partial charge in [0.05, 0.1) is 0 Å². The van der Waals surface area contributed by atoms with Crippen LogP contribution in [0.5, 0.6) is 0 Å². The minimum atomic E-state index is -0.789. The Hall–Kier alpha value is -1.87. The van der Waals surface area contributed by atoms with Gasteiger partial charge in [-0.15, -0.1) is 0 Å². The van der Waals surface area contributed by atoms with Crippen LogP contribution in [0.1, 0.15) is 18.4 Å². The van der Waals surface area contributed by atoms with E-state index >= 15 is 0 Å². The lowest BCUT2D eigenvalue weighted by Gasteiger charge is -2.12. The second-order valence-corrected chi connectivity index (χ2v) is 4.53. The molecule has 3 N–H and O–H groups in total. The molecule has 2 aromatic carbocycles. The van der Waals surface area contributed by atoms with Crippen molar-refractivity contribution in [3.63, 3.8) is 0 Å². The first-order chi connectivity index (χ1) is 8.66. The molecule has 0 fully saturated rings. The summed E-state index contributed by atoms with van der Waals surface area (Å²) in [5.41, 5.74) is 7.17.